The molecule has 1 amide bonds. The van der Waals surface area contributed by atoms with Gasteiger partial charge in [-0.25, -0.2) is 0 Å². The van der Waals surface area contributed by atoms with Crippen molar-refractivity contribution in [3.63, 3.8) is 0 Å². The lowest BCUT2D eigenvalue weighted by molar-refractivity contribution is -0.130. The van der Waals surface area contributed by atoms with Gasteiger partial charge in [-0.1, -0.05) is 27.7 Å². The summed E-state index contributed by atoms with van der Waals surface area (Å²) in [5.41, 5.74) is 0. The molecular formula is C15H28N2OS. The van der Waals surface area contributed by atoms with Crippen LogP contribution in [0.25, 0.3) is 0 Å². The third-order valence-electron chi connectivity index (χ3n) is 4.05. The fourth-order valence-electron chi connectivity index (χ4n) is 3.11. The molecule has 0 radical (unpaired) electrons. The Kier molecular flexibility index (Phi) is 5.18. The molecule has 3 unspecified atom stereocenters. The van der Waals surface area contributed by atoms with E-state index in [0.717, 1.165) is 13.0 Å². The number of hydrogen-bond donors (Lipinski definition) is 1. The van der Waals surface area contributed by atoms with E-state index in [-0.39, 0.29) is 12.2 Å². The molecule has 0 bridgehead atoms. The van der Waals surface area contributed by atoms with Gasteiger partial charge < -0.3 is 4.90 Å². The molecule has 0 aliphatic carbocycles. The molecule has 110 valence electrons. The van der Waals surface area contributed by atoms with Crippen molar-refractivity contribution in [2.75, 3.05) is 12.3 Å². The summed E-state index contributed by atoms with van der Waals surface area (Å²) in [5, 5.41) is 4.22. The Morgan fingerprint density at radius 2 is 2.11 bits per heavy atom. The smallest absolute Gasteiger partial charge is 0.241 e. The quantitative estimate of drug-likeness (QED) is 0.842. The van der Waals surface area contributed by atoms with Crippen LogP contribution < -0.4 is 5.32 Å². The van der Waals surface area contributed by atoms with Crippen LogP contribution in [-0.2, 0) is 4.79 Å². The van der Waals surface area contributed by atoms with Gasteiger partial charge in [-0.15, -0.1) is 0 Å². The predicted octanol–water partition coefficient (Wildman–Crippen LogP) is 2.71. The van der Waals surface area contributed by atoms with Crippen LogP contribution >= 0.6 is 11.8 Å². The molecule has 0 aromatic carbocycles. The number of carbonyl (C=O) groups is 1. The number of carbonyl (C=O) groups excluding carboxylic acids is 1. The minimum atomic E-state index is 0.0406. The van der Waals surface area contributed by atoms with Gasteiger partial charge in [0.1, 0.15) is 0 Å². The summed E-state index contributed by atoms with van der Waals surface area (Å²) in [5.74, 6) is 2.64. The Labute approximate surface area is 121 Å². The van der Waals surface area contributed by atoms with E-state index in [1.165, 1.54) is 18.6 Å². The maximum absolute atomic E-state index is 12.6. The highest BCUT2D eigenvalue weighted by atomic mass is 32.2. The minimum Gasteiger partial charge on any atom is -0.324 e. The molecule has 3 atom stereocenters. The molecule has 2 rings (SSSR count). The Hall–Kier alpha value is -0.220. The van der Waals surface area contributed by atoms with Crippen LogP contribution in [0.15, 0.2) is 0 Å². The number of nitrogens with zero attached hydrogens (tertiary/aromatic N) is 1. The number of thioether (sulfide) groups is 1. The van der Waals surface area contributed by atoms with Crippen molar-refractivity contribution in [2.45, 2.75) is 64.4 Å². The van der Waals surface area contributed by atoms with E-state index in [0.29, 0.717) is 23.0 Å². The van der Waals surface area contributed by atoms with Gasteiger partial charge in [0.2, 0.25) is 5.91 Å². The molecule has 2 heterocycles. The van der Waals surface area contributed by atoms with Crippen LogP contribution in [0.3, 0.4) is 0 Å². The van der Waals surface area contributed by atoms with Crippen LogP contribution in [0.1, 0.15) is 47.0 Å². The highest BCUT2D eigenvalue weighted by Crippen LogP contribution is 2.30. The van der Waals surface area contributed by atoms with Gasteiger partial charge in [0.25, 0.3) is 0 Å². The van der Waals surface area contributed by atoms with Gasteiger partial charge in [-0.3, -0.25) is 10.1 Å². The standard InChI is InChI=1S/C15H28N2OS/c1-10(2)8-13-15(18)17(14(16-13)11(3)4)9-12-6-5-7-19-12/h10-14,16H,5-9H2,1-4H3. The van der Waals surface area contributed by atoms with Crippen molar-refractivity contribution in [3.8, 4) is 0 Å². The second-order valence-corrected chi connectivity index (χ2v) is 8.07. The first-order valence-corrected chi connectivity index (χ1v) is 8.72. The van der Waals surface area contributed by atoms with E-state index in [1.807, 2.05) is 11.8 Å². The first-order chi connectivity index (χ1) is 8.99. The van der Waals surface area contributed by atoms with Gasteiger partial charge >= 0.3 is 0 Å². The molecule has 0 saturated carbocycles. The Morgan fingerprint density at radius 1 is 1.37 bits per heavy atom. The number of rotatable bonds is 5. The molecule has 19 heavy (non-hydrogen) atoms. The summed E-state index contributed by atoms with van der Waals surface area (Å²) in [7, 11) is 0. The molecule has 2 aliphatic rings. The summed E-state index contributed by atoms with van der Waals surface area (Å²) < 4.78 is 0. The molecule has 1 N–H and O–H groups in total. The predicted molar refractivity (Wildman–Crippen MR) is 82.2 cm³/mol. The van der Waals surface area contributed by atoms with E-state index in [2.05, 4.69) is 37.9 Å². The topological polar surface area (TPSA) is 32.3 Å². The lowest BCUT2D eigenvalue weighted by Crippen LogP contribution is -2.44. The molecule has 2 aliphatic heterocycles. The molecule has 2 fully saturated rings. The van der Waals surface area contributed by atoms with Crippen molar-refractivity contribution < 1.29 is 4.79 Å². The van der Waals surface area contributed by atoms with Crippen molar-refractivity contribution in [1.29, 1.82) is 0 Å². The summed E-state index contributed by atoms with van der Waals surface area (Å²) in [6.45, 7) is 9.73. The summed E-state index contributed by atoms with van der Waals surface area (Å²) in [6.07, 6.45) is 3.77. The molecule has 0 aromatic heterocycles. The zero-order chi connectivity index (χ0) is 14.0. The SMILES string of the molecule is CC(C)CC1NC(C(C)C)N(CC2CCCS2)C1=O. The first-order valence-electron chi connectivity index (χ1n) is 7.67. The molecule has 3 nitrogen and oxygen atoms in total. The normalized spacial score (nSPS) is 32.0. The fourth-order valence-corrected chi connectivity index (χ4v) is 4.37. The van der Waals surface area contributed by atoms with Crippen LogP contribution in [0.2, 0.25) is 0 Å². The average molecular weight is 284 g/mol. The Balaban J connectivity index is 2.02. The van der Waals surface area contributed by atoms with Gasteiger partial charge in [0, 0.05) is 11.8 Å². The van der Waals surface area contributed by atoms with E-state index < -0.39 is 0 Å². The minimum absolute atomic E-state index is 0.0406. The van der Waals surface area contributed by atoms with E-state index in [9.17, 15) is 4.79 Å². The Morgan fingerprint density at radius 3 is 2.63 bits per heavy atom. The first kappa shape index (κ1) is 15.2. The van der Waals surface area contributed by atoms with Crippen molar-refractivity contribution >= 4 is 17.7 Å². The second kappa shape index (κ2) is 6.49. The second-order valence-electron chi connectivity index (χ2n) is 6.66. The van der Waals surface area contributed by atoms with E-state index >= 15 is 0 Å². The molecule has 0 spiro atoms. The lowest BCUT2D eigenvalue weighted by atomic mass is 10.0. The lowest BCUT2D eigenvalue weighted by Gasteiger charge is -2.29. The highest BCUT2D eigenvalue weighted by Gasteiger charge is 2.41. The third kappa shape index (κ3) is 3.66. The van der Waals surface area contributed by atoms with Crippen molar-refractivity contribution in [1.82, 2.24) is 10.2 Å². The molecule has 0 aromatic rings. The van der Waals surface area contributed by atoms with Gasteiger partial charge in [-0.2, -0.15) is 11.8 Å². The van der Waals surface area contributed by atoms with Crippen LogP contribution in [-0.4, -0.2) is 40.6 Å². The number of hydrogen-bond acceptors (Lipinski definition) is 3. The molecular weight excluding hydrogens is 256 g/mol. The van der Waals surface area contributed by atoms with Crippen LogP contribution in [0.5, 0.6) is 0 Å². The average Bonchev–Trinajstić information content (AvgIpc) is 2.91. The Bertz CT molecular complexity index is 313. The molecule has 2 saturated heterocycles. The van der Waals surface area contributed by atoms with Crippen molar-refractivity contribution in [2.24, 2.45) is 11.8 Å². The number of nitrogens with one attached hydrogen (secondary N) is 1. The van der Waals surface area contributed by atoms with E-state index in [1.54, 1.807) is 0 Å². The summed E-state index contributed by atoms with van der Waals surface area (Å²) >= 11 is 2.04. The van der Waals surface area contributed by atoms with Gasteiger partial charge in [-0.05, 0) is 36.9 Å². The zero-order valence-electron chi connectivity index (χ0n) is 12.7. The maximum atomic E-state index is 12.6. The summed E-state index contributed by atoms with van der Waals surface area (Å²) in [6, 6.07) is 0.0406. The maximum Gasteiger partial charge on any atom is 0.241 e. The van der Waals surface area contributed by atoms with Crippen molar-refractivity contribution in [3.05, 3.63) is 0 Å². The largest absolute Gasteiger partial charge is 0.324 e. The highest BCUT2D eigenvalue weighted by molar-refractivity contribution is 8.00. The van der Waals surface area contributed by atoms with Gasteiger partial charge in [0.15, 0.2) is 0 Å². The monoisotopic (exact) mass is 284 g/mol. The fraction of sp³-hybridized carbons (Fsp3) is 0.933. The van der Waals surface area contributed by atoms with Gasteiger partial charge in [0.05, 0.1) is 12.2 Å². The van der Waals surface area contributed by atoms with Crippen LogP contribution in [0.4, 0.5) is 0 Å². The summed E-state index contributed by atoms with van der Waals surface area (Å²) in [4.78, 5) is 14.7. The van der Waals surface area contributed by atoms with E-state index in [4.69, 9.17) is 0 Å². The number of amides is 1. The van der Waals surface area contributed by atoms with Crippen LogP contribution in [0, 0.1) is 11.8 Å². The zero-order valence-corrected chi connectivity index (χ0v) is 13.5. The third-order valence-corrected chi connectivity index (χ3v) is 5.43. The molecule has 4 heteroatoms.